The minimum atomic E-state index is 0.0819. The zero-order valence-corrected chi connectivity index (χ0v) is 15.7. The zero-order chi connectivity index (χ0) is 18.5. The summed E-state index contributed by atoms with van der Waals surface area (Å²) < 4.78 is 7.32. The van der Waals surface area contributed by atoms with Crippen molar-refractivity contribution in [2.45, 2.75) is 38.3 Å². The van der Waals surface area contributed by atoms with E-state index >= 15 is 0 Å². The Balaban J connectivity index is 1.36. The summed E-state index contributed by atoms with van der Waals surface area (Å²) in [4.78, 5) is 15.3. The Hall–Kier alpha value is -2.18. The van der Waals surface area contributed by atoms with E-state index in [1.807, 2.05) is 41.2 Å². The normalized spacial score (nSPS) is 21.9. The number of para-hydroxylation sites is 1. The summed E-state index contributed by atoms with van der Waals surface area (Å²) in [5.41, 5.74) is 2.09. The second kappa shape index (κ2) is 8.67. The molecule has 0 spiro atoms. The molecular formula is C21H28N4O2. The highest BCUT2D eigenvalue weighted by atomic mass is 16.5. The molecule has 0 saturated carbocycles. The summed E-state index contributed by atoms with van der Waals surface area (Å²) in [6, 6.07) is 10.6. The van der Waals surface area contributed by atoms with Crippen LogP contribution in [-0.4, -0.2) is 52.9 Å². The van der Waals surface area contributed by atoms with E-state index in [2.05, 4.69) is 15.3 Å². The van der Waals surface area contributed by atoms with Gasteiger partial charge in [-0.2, -0.15) is 5.10 Å². The Kier molecular flexibility index (Phi) is 5.84. The first-order valence-corrected chi connectivity index (χ1v) is 9.98. The predicted molar refractivity (Wildman–Crippen MR) is 104 cm³/mol. The standard InChI is InChI=1S/C21H28N4O2/c26-21(18-6-3-11-24(16-18)19-8-13-27-14-9-19)22-15-17-5-1-2-7-20(17)25-12-4-10-23-25/h1-2,4-5,7,10,12,18-19H,3,6,8-9,11,13-16H2,(H,22,26)/t18-/m0/s1. The van der Waals surface area contributed by atoms with E-state index in [-0.39, 0.29) is 11.8 Å². The summed E-state index contributed by atoms with van der Waals surface area (Å²) in [6.45, 7) is 4.21. The van der Waals surface area contributed by atoms with Gasteiger partial charge in [-0.05, 0) is 49.9 Å². The molecule has 1 N–H and O–H groups in total. The lowest BCUT2D eigenvalue weighted by molar-refractivity contribution is -0.127. The Bertz CT molecular complexity index is 740. The van der Waals surface area contributed by atoms with Crippen molar-refractivity contribution in [2.24, 2.45) is 5.92 Å². The first-order chi connectivity index (χ1) is 13.3. The van der Waals surface area contributed by atoms with Crippen LogP contribution in [0, 0.1) is 5.92 Å². The Labute approximate surface area is 160 Å². The number of hydrogen-bond acceptors (Lipinski definition) is 4. The average Bonchev–Trinajstić information content (AvgIpc) is 3.28. The third-order valence-electron chi connectivity index (χ3n) is 5.73. The lowest BCUT2D eigenvalue weighted by Gasteiger charge is -2.39. The van der Waals surface area contributed by atoms with E-state index < -0.39 is 0 Å². The Morgan fingerprint density at radius 3 is 2.85 bits per heavy atom. The van der Waals surface area contributed by atoms with Crippen LogP contribution in [0.3, 0.4) is 0 Å². The van der Waals surface area contributed by atoms with Gasteiger partial charge in [-0.1, -0.05) is 18.2 Å². The molecular weight excluding hydrogens is 340 g/mol. The van der Waals surface area contributed by atoms with Crippen LogP contribution >= 0.6 is 0 Å². The van der Waals surface area contributed by atoms with Crippen LogP contribution in [0.2, 0.25) is 0 Å². The number of amides is 1. The van der Waals surface area contributed by atoms with Crippen LogP contribution in [0.4, 0.5) is 0 Å². The topological polar surface area (TPSA) is 59.4 Å². The molecule has 144 valence electrons. The summed E-state index contributed by atoms with van der Waals surface area (Å²) in [6.07, 6.45) is 7.94. The minimum absolute atomic E-state index is 0.0819. The highest BCUT2D eigenvalue weighted by Crippen LogP contribution is 2.23. The number of aromatic nitrogens is 2. The molecule has 0 bridgehead atoms. The van der Waals surface area contributed by atoms with Gasteiger partial charge in [-0.25, -0.2) is 4.68 Å². The number of carbonyl (C=O) groups is 1. The van der Waals surface area contributed by atoms with Crippen molar-refractivity contribution in [3.63, 3.8) is 0 Å². The van der Waals surface area contributed by atoms with Crippen molar-refractivity contribution in [2.75, 3.05) is 26.3 Å². The quantitative estimate of drug-likeness (QED) is 0.880. The zero-order valence-electron chi connectivity index (χ0n) is 15.7. The number of rotatable bonds is 5. The van der Waals surface area contributed by atoms with Gasteiger partial charge in [0, 0.05) is 44.7 Å². The van der Waals surface area contributed by atoms with Crippen LogP contribution in [0.25, 0.3) is 5.69 Å². The maximum Gasteiger partial charge on any atom is 0.224 e. The molecule has 1 amide bonds. The molecule has 2 saturated heterocycles. The number of carbonyl (C=O) groups excluding carboxylic acids is 1. The van der Waals surface area contributed by atoms with Gasteiger partial charge in [0.25, 0.3) is 0 Å². The van der Waals surface area contributed by atoms with E-state index in [0.29, 0.717) is 12.6 Å². The summed E-state index contributed by atoms with van der Waals surface area (Å²) in [7, 11) is 0. The van der Waals surface area contributed by atoms with Crippen molar-refractivity contribution < 1.29 is 9.53 Å². The van der Waals surface area contributed by atoms with Gasteiger partial charge in [-0.3, -0.25) is 9.69 Å². The summed E-state index contributed by atoms with van der Waals surface area (Å²) in [5, 5.41) is 7.48. The molecule has 0 aliphatic carbocycles. The lowest BCUT2D eigenvalue weighted by atomic mass is 9.94. The average molecular weight is 368 g/mol. The summed E-state index contributed by atoms with van der Waals surface area (Å²) in [5.74, 6) is 0.250. The predicted octanol–water partition coefficient (Wildman–Crippen LogP) is 2.38. The van der Waals surface area contributed by atoms with Gasteiger partial charge in [0.2, 0.25) is 5.91 Å². The highest BCUT2D eigenvalue weighted by Gasteiger charge is 2.30. The Morgan fingerprint density at radius 1 is 1.19 bits per heavy atom. The fraction of sp³-hybridized carbons (Fsp3) is 0.524. The molecule has 2 aliphatic heterocycles. The molecule has 1 atom stereocenters. The molecule has 6 heteroatoms. The first-order valence-electron chi connectivity index (χ1n) is 9.98. The van der Waals surface area contributed by atoms with Gasteiger partial charge in [0.05, 0.1) is 11.6 Å². The molecule has 0 unspecified atom stereocenters. The van der Waals surface area contributed by atoms with E-state index in [4.69, 9.17) is 4.74 Å². The third kappa shape index (κ3) is 4.39. The van der Waals surface area contributed by atoms with Crippen LogP contribution in [0.1, 0.15) is 31.2 Å². The smallest absolute Gasteiger partial charge is 0.224 e. The molecule has 3 heterocycles. The minimum Gasteiger partial charge on any atom is -0.381 e. The van der Waals surface area contributed by atoms with E-state index in [1.165, 1.54) is 0 Å². The monoisotopic (exact) mass is 368 g/mol. The van der Waals surface area contributed by atoms with Crippen LogP contribution < -0.4 is 5.32 Å². The molecule has 2 aliphatic rings. The fourth-order valence-electron chi connectivity index (χ4n) is 4.22. The largest absolute Gasteiger partial charge is 0.381 e. The molecule has 2 aromatic rings. The van der Waals surface area contributed by atoms with Crippen LogP contribution in [-0.2, 0) is 16.1 Å². The SMILES string of the molecule is O=C(NCc1ccccc1-n1cccn1)[C@H]1CCCN(C2CCOCC2)C1. The maximum atomic E-state index is 12.8. The van der Waals surface area contributed by atoms with Gasteiger partial charge in [-0.15, -0.1) is 0 Å². The van der Waals surface area contributed by atoms with Gasteiger partial charge in [0.1, 0.15) is 0 Å². The number of benzene rings is 1. The van der Waals surface area contributed by atoms with Crippen molar-refractivity contribution in [3.8, 4) is 5.69 Å². The third-order valence-corrected chi connectivity index (χ3v) is 5.73. The highest BCUT2D eigenvalue weighted by molar-refractivity contribution is 5.79. The van der Waals surface area contributed by atoms with Crippen LogP contribution in [0.15, 0.2) is 42.7 Å². The molecule has 27 heavy (non-hydrogen) atoms. The molecule has 6 nitrogen and oxygen atoms in total. The van der Waals surface area contributed by atoms with E-state index in [1.54, 1.807) is 6.20 Å². The number of nitrogens with one attached hydrogen (secondary N) is 1. The van der Waals surface area contributed by atoms with Crippen molar-refractivity contribution >= 4 is 5.91 Å². The maximum absolute atomic E-state index is 12.8. The molecule has 4 rings (SSSR count). The van der Waals surface area contributed by atoms with E-state index in [0.717, 1.165) is 63.2 Å². The van der Waals surface area contributed by atoms with Crippen molar-refractivity contribution in [3.05, 3.63) is 48.3 Å². The molecule has 0 radical (unpaired) electrons. The summed E-state index contributed by atoms with van der Waals surface area (Å²) >= 11 is 0. The molecule has 1 aromatic carbocycles. The fourth-order valence-corrected chi connectivity index (χ4v) is 4.22. The Morgan fingerprint density at radius 2 is 2.04 bits per heavy atom. The lowest BCUT2D eigenvalue weighted by Crippen LogP contribution is -2.48. The number of nitrogens with zero attached hydrogens (tertiary/aromatic N) is 3. The molecule has 1 aromatic heterocycles. The van der Waals surface area contributed by atoms with Crippen LogP contribution in [0.5, 0.6) is 0 Å². The van der Waals surface area contributed by atoms with Gasteiger partial charge in [0.15, 0.2) is 0 Å². The number of hydrogen-bond donors (Lipinski definition) is 1. The van der Waals surface area contributed by atoms with Gasteiger partial charge < -0.3 is 10.1 Å². The van der Waals surface area contributed by atoms with Crippen molar-refractivity contribution in [1.29, 1.82) is 0 Å². The van der Waals surface area contributed by atoms with E-state index in [9.17, 15) is 4.79 Å². The number of piperidine rings is 1. The first kappa shape index (κ1) is 18.2. The second-order valence-corrected chi connectivity index (χ2v) is 7.47. The number of likely N-dealkylation sites (tertiary alicyclic amines) is 1. The second-order valence-electron chi connectivity index (χ2n) is 7.47. The van der Waals surface area contributed by atoms with Gasteiger partial charge >= 0.3 is 0 Å². The van der Waals surface area contributed by atoms with Crippen molar-refractivity contribution in [1.82, 2.24) is 20.0 Å². The number of ether oxygens (including phenoxy) is 1. The molecule has 2 fully saturated rings.